The maximum Gasteiger partial charge on any atom is 0.326 e. The quantitative estimate of drug-likeness (QED) is 0.141. The Labute approximate surface area is 254 Å². The number of amides is 4. The molecule has 0 spiro atoms. The monoisotopic (exact) mass is 602 g/mol. The van der Waals surface area contributed by atoms with Crippen LogP contribution in [0.4, 0.5) is 0 Å². The van der Waals surface area contributed by atoms with Gasteiger partial charge in [-0.2, -0.15) is 0 Å². The number of aliphatic carboxylic acids is 1. The second-order valence-corrected chi connectivity index (χ2v) is 12.1. The van der Waals surface area contributed by atoms with Crippen LogP contribution in [0.5, 0.6) is 0 Å². The number of rotatable bonds is 17. The van der Waals surface area contributed by atoms with Crippen LogP contribution < -0.4 is 27.4 Å². The molecule has 1 aliphatic rings. The van der Waals surface area contributed by atoms with E-state index in [-0.39, 0.29) is 18.3 Å². The van der Waals surface area contributed by atoms with Gasteiger partial charge < -0.3 is 37.4 Å². The standard InChI is InChI=1S/C31H50N6O6/c1-19(2)17-23(34-27(38)22(33)13-8-9-15-32)28(39)36-26(20(3)4)30(41)37-16-10-14-25(37)29(40)35-24(31(42)43)18-21-11-6-5-7-12-21/h5-7,11-12,19-20,22-26H,8-10,13-18,32-33H2,1-4H3,(H,34,38)(H,35,40)(H,36,39)(H,42,43)/t22-,23-,24-,25-,26-/m0/s1. The van der Waals surface area contributed by atoms with Gasteiger partial charge in [0.25, 0.3) is 0 Å². The van der Waals surface area contributed by atoms with Crippen molar-refractivity contribution in [2.75, 3.05) is 13.1 Å². The molecule has 0 unspecified atom stereocenters. The van der Waals surface area contributed by atoms with Gasteiger partial charge in [-0.1, -0.05) is 64.4 Å². The number of carbonyl (C=O) groups is 5. The number of benzene rings is 1. The molecule has 1 aliphatic heterocycles. The number of carboxylic acids is 1. The van der Waals surface area contributed by atoms with Crippen LogP contribution in [0, 0.1) is 11.8 Å². The van der Waals surface area contributed by atoms with Gasteiger partial charge in [-0.15, -0.1) is 0 Å². The average molecular weight is 603 g/mol. The van der Waals surface area contributed by atoms with Crippen molar-refractivity contribution >= 4 is 29.6 Å². The van der Waals surface area contributed by atoms with E-state index >= 15 is 0 Å². The molecule has 0 bridgehead atoms. The zero-order valence-electron chi connectivity index (χ0n) is 25.9. The molecule has 1 heterocycles. The smallest absolute Gasteiger partial charge is 0.326 e. The Morgan fingerprint density at radius 2 is 1.63 bits per heavy atom. The van der Waals surface area contributed by atoms with Gasteiger partial charge >= 0.3 is 5.97 Å². The molecule has 1 aromatic rings. The fraction of sp³-hybridized carbons (Fsp3) is 0.645. The average Bonchev–Trinajstić information content (AvgIpc) is 3.45. The van der Waals surface area contributed by atoms with Gasteiger partial charge in [-0.05, 0) is 56.0 Å². The highest BCUT2D eigenvalue weighted by Crippen LogP contribution is 2.21. The first-order chi connectivity index (χ1) is 20.3. The predicted octanol–water partition coefficient (Wildman–Crippen LogP) is 0.918. The summed E-state index contributed by atoms with van der Waals surface area (Å²) in [5.74, 6) is -3.33. The lowest BCUT2D eigenvalue weighted by molar-refractivity contribution is -0.145. The Balaban J connectivity index is 2.13. The van der Waals surface area contributed by atoms with Crippen LogP contribution in [-0.4, -0.2) is 82.9 Å². The Morgan fingerprint density at radius 1 is 0.953 bits per heavy atom. The molecule has 240 valence electrons. The number of nitrogens with one attached hydrogen (secondary N) is 3. The van der Waals surface area contributed by atoms with Crippen molar-refractivity contribution in [2.45, 2.75) is 103 Å². The first-order valence-electron chi connectivity index (χ1n) is 15.3. The molecule has 4 amide bonds. The Morgan fingerprint density at radius 3 is 2.21 bits per heavy atom. The molecular weight excluding hydrogens is 552 g/mol. The van der Waals surface area contributed by atoms with Crippen LogP contribution in [0.15, 0.2) is 30.3 Å². The number of nitrogens with zero attached hydrogens (tertiary/aromatic N) is 1. The Hall–Kier alpha value is -3.51. The lowest BCUT2D eigenvalue weighted by atomic mass is 9.98. The minimum absolute atomic E-state index is 0.0717. The van der Waals surface area contributed by atoms with Crippen LogP contribution in [0.2, 0.25) is 0 Å². The van der Waals surface area contributed by atoms with Gasteiger partial charge in [-0.3, -0.25) is 19.2 Å². The SMILES string of the molecule is CC(C)C[C@H](NC(=O)[C@@H](N)CCCCN)C(=O)N[C@H](C(=O)N1CCC[C@H]1C(=O)N[C@@H](Cc1ccccc1)C(=O)O)C(C)C. The Bertz CT molecular complexity index is 1080. The fourth-order valence-corrected chi connectivity index (χ4v) is 5.19. The molecule has 0 aromatic heterocycles. The van der Waals surface area contributed by atoms with E-state index in [9.17, 15) is 29.1 Å². The number of carbonyl (C=O) groups excluding carboxylic acids is 4. The molecule has 12 nitrogen and oxygen atoms in total. The first-order valence-corrected chi connectivity index (χ1v) is 15.3. The third-order valence-corrected chi connectivity index (χ3v) is 7.61. The van der Waals surface area contributed by atoms with Gasteiger partial charge in [0.2, 0.25) is 23.6 Å². The second-order valence-electron chi connectivity index (χ2n) is 12.1. The minimum atomic E-state index is -1.17. The number of carboxylic acid groups (broad SMARTS) is 1. The van der Waals surface area contributed by atoms with Crippen LogP contribution in [-0.2, 0) is 30.4 Å². The lowest BCUT2D eigenvalue weighted by Gasteiger charge is -2.32. The van der Waals surface area contributed by atoms with E-state index in [2.05, 4.69) is 16.0 Å². The predicted molar refractivity (Wildman–Crippen MR) is 163 cm³/mol. The number of unbranched alkanes of at least 4 members (excludes halogenated alkanes) is 1. The fourth-order valence-electron chi connectivity index (χ4n) is 5.19. The zero-order valence-corrected chi connectivity index (χ0v) is 25.9. The van der Waals surface area contributed by atoms with Crippen molar-refractivity contribution < 1.29 is 29.1 Å². The van der Waals surface area contributed by atoms with Crippen molar-refractivity contribution in [1.82, 2.24) is 20.9 Å². The maximum absolute atomic E-state index is 13.8. The molecule has 0 radical (unpaired) electrons. The normalized spacial score (nSPS) is 17.7. The van der Waals surface area contributed by atoms with Crippen molar-refractivity contribution in [3.8, 4) is 0 Å². The van der Waals surface area contributed by atoms with Gasteiger partial charge in [0.1, 0.15) is 24.2 Å². The highest BCUT2D eigenvalue weighted by atomic mass is 16.4. The van der Waals surface area contributed by atoms with E-state index in [4.69, 9.17) is 11.5 Å². The van der Waals surface area contributed by atoms with Crippen LogP contribution in [0.1, 0.15) is 71.8 Å². The molecular formula is C31H50N6O6. The van der Waals surface area contributed by atoms with Crippen molar-refractivity contribution in [1.29, 1.82) is 0 Å². The number of hydrogen-bond acceptors (Lipinski definition) is 7. The second kappa shape index (κ2) is 17.6. The molecule has 1 aromatic carbocycles. The Kier molecular flexibility index (Phi) is 14.6. The van der Waals surface area contributed by atoms with E-state index in [0.717, 1.165) is 12.0 Å². The third-order valence-electron chi connectivity index (χ3n) is 7.61. The van der Waals surface area contributed by atoms with Crippen LogP contribution in [0.25, 0.3) is 0 Å². The molecule has 1 saturated heterocycles. The summed E-state index contributed by atoms with van der Waals surface area (Å²) in [6.45, 7) is 8.24. The first kappa shape index (κ1) is 35.7. The summed E-state index contributed by atoms with van der Waals surface area (Å²) in [6.07, 6.45) is 3.27. The molecule has 43 heavy (non-hydrogen) atoms. The van der Waals surface area contributed by atoms with Gasteiger partial charge in [0.05, 0.1) is 6.04 Å². The zero-order chi connectivity index (χ0) is 32.1. The molecule has 2 rings (SSSR count). The summed E-state index contributed by atoms with van der Waals surface area (Å²) in [4.78, 5) is 66.6. The molecule has 1 fully saturated rings. The highest BCUT2D eigenvalue weighted by molar-refractivity contribution is 5.95. The van der Waals surface area contributed by atoms with Crippen molar-refractivity contribution in [3.05, 3.63) is 35.9 Å². The number of nitrogens with two attached hydrogens (primary N) is 2. The minimum Gasteiger partial charge on any atom is -0.480 e. The number of likely N-dealkylation sites (tertiary alicyclic amines) is 1. The summed E-state index contributed by atoms with van der Waals surface area (Å²) in [5.41, 5.74) is 12.3. The maximum atomic E-state index is 13.8. The van der Waals surface area contributed by atoms with Gasteiger partial charge in [0, 0.05) is 13.0 Å². The van der Waals surface area contributed by atoms with E-state index in [1.54, 1.807) is 38.1 Å². The van der Waals surface area contributed by atoms with Gasteiger partial charge in [0.15, 0.2) is 0 Å². The third kappa shape index (κ3) is 11.3. The van der Waals surface area contributed by atoms with Crippen LogP contribution in [0.3, 0.4) is 0 Å². The molecule has 0 aliphatic carbocycles. The highest BCUT2D eigenvalue weighted by Gasteiger charge is 2.40. The van der Waals surface area contributed by atoms with Crippen LogP contribution >= 0.6 is 0 Å². The lowest BCUT2D eigenvalue weighted by Crippen LogP contribution is -2.59. The summed E-state index contributed by atoms with van der Waals surface area (Å²) in [5, 5.41) is 17.9. The van der Waals surface area contributed by atoms with Crippen molar-refractivity contribution in [2.24, 2.45) is 23.3 Å². The van der Waals surface area contributed by atoms with E-state index in [1.807, 2.05) is 19.9 Å². The van der Waals surface area contributed by atoms with Gasteiger partial charge in [-0.25, -0.2) is 4.79 Å². The summed E-state index contributed by atoms with van der Waals surface area (Å²) < 4.78 is 0. The van der Waals surface area contributed by atoms with E-state index in [0.29, 0.717) is 45.2 Å². The molecule has 0 saturated carbocycles. The van der Waals surface area contributed by atoms with E-state index in [1.165, 1.54) is 4.90 Å². The summed E-state index contributed by atoms with van der Waals surface area (Å²) in [6, 6.07) is 4.34. The summed E-state index contributed by atoms with van der Waals surface area (Å²) >= 11 is 0. The summed E-state index contributed by atoms with van der Waals surface area (Å²) in [7, 11) is 0. The largest absolute Gasteiger partial charge is 0.480 e. The molecule has 12 heteroatoms. The topological polar surface area (TPSA) is 197 Å². The molecule has 5 atom stereocenters. The number of hydrogen-bond donors (Lipinski definition) is 6. The van der Waals surface area contributed by atoms with E-state index < -0.39 is 59.8 Å². The molecule has 8 N–H and O–H groups in total. The van der Waals surface area contributed by atoms with Crippen molar-refractivity contribution in [3.63, 3.8) is 0 Å².